The van der Waals surface area contributed by atoms with Crippen molar-refractivity contribution in [2.24, 2.45) is 5.73 Å². The van der Waals surface area contributed by atoms with E-state index in [1.165, 1.54) is 29.5 Å². The summed E-state index contributed by atoms with van der Waals surface area (Å²) >= 11 is 1.75. The first kappa shape index (κ1) is 13.8. The van der Waals surface area contributed by atoms with E-state index in [4.69, 9.17) is 5.73 Å². The zero-order chi connectivity index (χ0) is 13.9. The predicted molar refractivity (Wildman–Crippen MR) is 86.0 cm³/mol. The third-order valence-electron chi connectivity index (χ3n) is 4.14. The molecule has 1 aliphatic rings. The lowest BCUT2D eigenvalue weighted by Gasteiger charge is -2.27. The molecular weight excluding hydrogens is 264 g/mol. The summed E-state index contributed by atoms with van der Waals surface area (Å²) in [5, 5.41) is 4.34. The number of hydrogen-bond acceptors (Lipinski definition) is 3. The Labute approximate surface area is 125 Å². The van der Waals surface area contributed by atoms with Crippen LogP contribution < -0.4 is 5.73 Å². The van der Waals surface area contributed by atoms with Gasteiger partial charge in [-0.25, -0.2) is 0 Å². The maximum absolute atomic E-state index is 6.01. The van der Waals surface area contributed by atoms with Crippen molar-refractivity contribution in [1.82, 2.24) is 4.90 Å². The number of thiophene rings is 1. The Bertz CT molecular complexity index is 529. The molecule has 1 unspecified atom stereocenters. The first-order chi connectivity index (χ1) is 9.78. The molecule has 1 atom stereocenters. The molecule has 1 saturated carbocycles. The minimum absolute atomic E-state index is 0.295. The second-order valence-electron chi connectivity index (χ2n) is 5.74. The zero-order valence-electron chi connectivity index (χ0n) is 12.0. The largest absolute Gasteiger partial charge is 0.329 e. The second-order valence-corrected chi connectivity index (χ2v) is 6.52. The zero-order valence-corrected chi connectivity index (χ0v) is 12.8. The molecule has 0 spiro atoms. The number of nitrogens with zero attached hydrogens (tertiary/aromatic N) is 1. The first-order valence-corrected chi connectivity index (χ1v) is 8.23. The lowest BCUT2D eigenvalue weighted by Crippen LogP contribution is -2.30. The van der Waals surface area contributed by atoms with Gasteiger partial charge in [0.1, 0.15) is 0 Å². The monoisotopic (exact) mass is 286 g/mol. The third kappa shape index (κ3) is 3.11. The van der Waals surface area contributed by atoms with E-state index in [2.05, 4.69) is 53.0 Å². The van der Waals surface area contributed by atoms with Crippen molar-refractivity contribution in [2.45, 2.75) is 31.3 Å². The summed E-state index contributed by atoms with van der Waals surface area (Å²) in [6, 6.07) is 11.6. The second kappa shape index (κ2) is 6.08. The summed E-state index contributed by atoms with van der Waals surface area (Å²) in [6.07, 6.45) is 2.72. The van der Waals surface area contributed by atoms with Gasteiger partial charge in [-0.05, 0) is 59.3 Å². The maximum atomic E-state index is 6.01. The number of likely N-dealkylation sites (N-methyl/N-ethyl adjacent to an activating group) is 1. The van der Waals surface area contributed by atoms with Gasteiger partial charge in [0.05, 0.1) is 0 Å². The van der Waals surface area contributed by atoms with Crippen LogP contribution in [0, 0.1) is 0 Å². The van der Waals surface area contributed by atoms with Crippen molar-refractivity contribution in [2.75, 3.05) is 13.6 Å². The van der Waals surface area contributed by atoms with Crippen LogP contribution in [0.25, 0.3) is 0 Å². The summed E-state index contributed by atoms with van der Waals surface area (Å²) in [4.78, 5) is 2.34. The lowest BCUT2D eigenvalue weighted by atomic mass is 10.0. The third-order valence-corrected chi connectivity index (χ3v) is 4.87. The Morgan fingerprint density at radius 1 is 1.25 bits per heavy atom. The van der Waals surface area contributed by atoms with Crippen LogP contribution in [-0.2, 0) is 6.54 Å². The first-order valence-electron chi connectivity index (χ1n) is 7.29. The van der Waals surface area contributed by atoms with Crippen LogP contribution in [0.1, 0.15) is 41.5 Å². The molecule has 1 fully saturated rings. The molecule has 1 aromatic heterocycles. The lowest BCUT2D eigenvalue weighted by molar-refractivity contribution is 0.242. The van der Waals surface area contributed by atoms with Gasteiger partial charge in [0, 0.05) is 19.1 Å². The summed E-state index contributed by atoms with van der Waals surface area (Å²) in [6.45, 7) is 1.61. The van der Waals surface area contributed by atoms with Gasteiger partial charge >= 0.3 is 0 Å². The van der Waals surface area contributed by atoms with Crippen molar-refractivity contribution in [1.29, 1.82) is 0 Å². The van der Waals surface area contributed by atoms with Gasteiger partial charge in [-0.3, -0.25) is 4.90 Å². The van der Waals surface area contributed by atoms with Crippen LogP contribution in [0.5, 0.6) is 0 Å². The highest BCUT2D eigenvalue weighted by atomic mass is 32.1. The smallest absolute Gasteiger partial charge is 0.0470 e. The number of nitrogens with two attached hydrogens (primary N) is 1. The molecule has 2 N–H and O–H groups in total. The van der Waals surface area contributed by atoms with Crippen LogP contribution in [0.3, 0.4) is 0 Å². The SMILES string of the molecule is CN(Cc1ccsc1)C(CN)c1ccc(C2CC2)cc1. The number of hydrogen-bond donors (Lipinski definition) is 1. The van der Waals surface area contributed by atoms with Crippen molar-refractivity contribution < 1.29 is 0 Å². The Morgan fingerprint density at radius 3 is 2.55 bits per heavy atom. The highest BCUT2D eigenvalue weighted by Gasteiger charge is 2.23. The topological polar surface area (TPSA) is 29.3 Å². The molecule has 2 nitrogen and oxygen atoms in total. The Kier molecular flexibility index (Phi) is 4.20. The fourth-order valence-electron chi connectivity index (χ4n) is 2.76. The fraction of sp³-hybridized carbons (Fsp3) is 0.412. The molecule has 106 valence electrons. The molecule has 2 aromatic rings. The molecule has 0 radical (unpaired) electrons. The summed E-state index contributed by atoms with van der Waals surface area (Å²) in [7, 11) is 2.16. The van der Waals surface area contributed by atoms with Gasteiger partial charge in [-0.15, -0.1) is 0 Å². The van der Waals surface area contributed by atoms with Gasteiger partial charge in [0.25, 0.3) is 0 Å². The predicted octanol–water partition coefficient (Wildman–Crippen LogP) is 3.76. The Morgan fingerprint density at radius 2 is 2.00 bits per heavy atom. The van der Waals surface area contributed by atoms with Crippen LogP contribution in [0.2, 0.25) is 0 Å². The van der Waals surface area contributed by atoms with Crippen molar-refractivity contribution in [3.63, 3.8) is 0 Å². The molecular formula is C17H22N2S. The van der Waals surface area contributed by atoms with E-state index < -0.39 is 0 Å². The minimum Gasteiger partial charge on any atom is -0.329 e. The quantitative estimate of drug-likeness (QED) is 0.876. The molecule has 1 aromatic carbocycles. The van der Waals surface area contributed by atoms with E-state index in [1.54, 1.807) is 11.3 Å². The van der Waals surface area contributed by atoms with Gasteiger partial charge in [-0.2, -0.15) is 11.3 Å². The van der Waals surface area contributed by atoms with Crippen LogP contribution >= 0.6 is 11.3 Å². The molecule has 20 heavy (non-hydrogen) atoms. The van der Waals surface area contributed by atoms with Crippen molar-refractivity contribution >= 4 is 11.3 Å². The average Bonchev–Trinajstić information content (AvgIpc) is 3.19. The van der Waals surface area contributed by atoms with Crippen LogP contribution in [0.15, 0.2) is 41.1 Å². The average molecular weight is 286 g/mol. The molecule has 0 amide bonds. The molecule has 0 saturated heterocycles. The van der Waals surface area contributed by atoms with E-state index in [-0.39, 0.29) is 0 Å². The molecule has 3 rings (SSSR count). The maximum Gasteiger partial charge on any atom is 0.0470 e. The van der Waals surface area contributed by atoms with Crippen molar-refractivity contribution in [3.8, 4) is 0 Å². The van der Waals surface area contributed by atoms with E-state index >= 15 is 0 Å². The van der Waals surface area contributed by atoms with Gasteiger partial charge in [0.2, 0.25) is 0 Å². The Balaban J connectivity index is 1.70. The standard InChI is InChI=1S/C17H22N2S/c1-19(11-13-8-9-20-12-13)17(10-18)16-6-4-15(5-7-16)14-2-3-14/h4-9,12,14,17H,2-3,10-11,18H2,1H3. The molecule has 3 heteroatoms. The van der Waals surface area contributed by atoms with Gasteiger partial charge in [-0.1, -0.05) is 24.3 Å². The normalized spacial score (nSPS) is 16.6. The Hall–Kier alpha value is -1.16. The van der Waals surface area contributed by atoms with Gasteiger partial charge in [0.15, 0.2) is 0 Å². The summed E-state index contributed by atoms with van der Waals surface area (Å²) in [5.41, 5.74) is 10.2. The number of rotatable bonds is 6. The molecule has 1 heterocycles. The minimum atomic E-state index is 0.295. The van der Waals surface area contributed by atoms with Crippen LogP contribution in [-0.4, -0.2) is 18.5 Å². The van der Waals surface area contributed by atoms with Gasteiger partial charge < -0.3 is 5.73 Å². The summed E-state index contributed by atoms with van der Waals surface area (Å²) < 4.78 is 0. The van der Waals surface area contributed by atoms with E-state index in [1.807, 2.05) is 0 Å². The highest BCUT2D eigenvalue weighted by Crippen LogP contribution is 2.40. The van der Waals surface area contributed by atoms with E-state index in [0.717, 1.165) is 12.5 Å². The number of benzene rings is 1. The van der Waals surface area contributed by atoms with E-state index in [0.29, 0.717) is 12.6 Å². The molecule has 0 aliphatic heterocycles. The van der Waals surface area contributed by atoms with Crippen molar-refractivity contribution in [3.05, 3.63) is 57.8 Å². The highest BCUT2D eigenvalue weighted by molar-refractivity contribution is 7.07. The summed E-state index contributed by atoms with van der Waals surface area (Å²) in [5.74, 6) is 0.823. The molecule has 0 bridgehead atoms. The fourth-order valence-corrected chi connectivity index (χ4v) is 3.42. The molecule has 1 aliphatic carbocycles. The van der Waals surface area contributed by atoms with Crippen LogP contribution in [0.4, 0.5) is 0 Å². The van der Waals surface area contributed by atoms with E-state index in [9.17, 15) is 0 Å².